The van der Waals surface area contributed by atoms with Crippen LogP contribution in [0.1, 0.15) is 51.0 Å². The smallest absolute Gasteiger partial charge is 0.246 e. The normalized spacial score (nSPS) is 32.4. The summed E-state index contributed by atoms with van der Waals surface area (Å²) in [5.74, 6) is 3.80. The highest BCUT2D eigenvalue weighted by Gasteiger charge is 2.54. The fourth-order valence-electron chi connectivity index (χ4n) is 5.80. The van der Waals surface area contributed by atoms with Crippen molar-refractivity contribution in [2.75, 3.05) is 14.2 Å². The van der Waals surface area contributed by atoms with Crippen LogP contribution in [0.25, 0.3) is 0 Å². The highest BCUT2D eigenvalue weighted by atomic mass is 16.5. The number of ether oxygens (including phenoxy) is 2. The van der Waals surface area contributed by atoms with E-state index in [-0.39, 0.29) is 11.3 Å². The van der Waals surface area contributed by atoms with Crippen LogP contribution >= 0.6 is 0 Å². The Bertz CT molecular complexity index is 705. The molecule has 4 aliphatic rings. The summed E-state index contributed by atoms with van der Waals surface area (Å²) in [6, 6.07) is 5.59. The zero-order valence-electron chi connectivity index (χ0n) is 15.9. The van der Waals surface area contributed by atoms with Gasteiger partial charge < -0.3 is 9.47 Å². The lowest BCUT2D eigenvalue weighted by atomic mass is 9.49. The number of benzene rings is 1. The van der Waals surface area contributed by atoms with E-state index in [0.717, 1.165) is 59.8 Å². The molecule has 4 aliphatic carbocycles. The minimum Gasteiger partial charge on any atom is -0.497 e. The number of hydrazone groups is 1. The monoisotopic (exact) mass is 356 g/mol. The van der Waals surface area contributed by atoms with Crippen molar-refractivity contribution in [3.63, 3.8) is 0 Å². The topological polar surface area (TPSA) is 59.9 Å². The molecule has 140 valence electrons. The van der Waals surface area contributed by atoms with E-state index >= 15 is 0 Å². The summed E-state index contributed by atoms with van der Waals surface area (Å²) in [7, 11) is 3.26. The van der Waals surface area contributed by atoms with E-state index in [2.05, 4.69) is 10.5 Å². The van der Waals surface area contributed by atoms with E-state index in [0.29, 0.717) is 0 Å². The summed E-state index contributed by atoms with van der Waals surface area (Å²) in [5, 5.41) is 4.42. The lowest BCUT2D eigenvalue weighted by Gasteiger charge is -2.55. The van der Waals surface area contributed by atoms with Crippen LogP contribution < -0.4 is 14.9 Å². The molecule has 0 aliphatic heterocycles. The van der Waals surface area contributed by atoms with E-state index in [1.54, 1.807) is 14.2 Å². The number of amides is 1. The second-order valence-electron chi connectivity index (χ2n) is 8.40. The minimum absolute atomic E-state index is 0.109. The third-order valence-electron chi connectivity index (χ3n) is 6.64. The summed E-state index contributed by atoms with van der Waals surface area (Å²) in [5.41, 5.74) is 4.25. The second kappa shape index (κ2) is 6.60. The molecule has 0 atom stereocenters. The molecule has 0 unspecified atom stereocenters. The molecule has 0 heterocycles. The Morgan fingerprint density at radius 1 is 1.08 bits per heavy atom. The van der Waals surface area contributed by atoms with E-state index in [1.807, 2.05) is 25.1 Å². The number of carbonyl (C=O) groups excluding carboxylic acids is 1. The summed E-state index contributed by atoms with van der Waals surface area (Å²) in [6.45, 7) is 1.89. The van der Waals surface area contributed by atoms with E-state index in [9.17, 15) is 4.79 Å². The summed E-state index contributed by atoms with van der Waals surface area (Å²) in [6.07, 6.45) is 7.12. The third kappa shape index (κ3) is 2.97. The van der Waals surface area contributed by atoms with Gasteiger partial charge in [0.15, 0.2) is 0 Å². The number of rotatable bonds is 5. The molecule has 5 heteroatoms. The van der Waals surface area contributed by atoms with Gasteiger partial charge in [-0.2, -0.15) is 5.10 Å². The Labute approximate surface area is 155 Å². The Balaban J connectivity index is 1.52. The zero-order chi connectivity index (χ0) is 18.3. The maximum absolute atomic E-state index is 13.0. The van der Waals surface area contributed by atoms with Gasteiger partial charge in [-0.25, -0.2) is 5.43 Å². The molecular formula is C21H28N2O3. The molecule has 26 heavy (non-hydrogen) atoms. The average Bonchev–Trinajstić information content (AvgIpc) is 2.64. The molecule has 0 spiro atoms. The van der Waals surface area contributed by atoms with E-state index in [4.69, 9.17) is 9.47 Å². The van der Waals surface area contributed by atoms with Gasteiger partial charge in [0, 0.05) is 5.56 Å². The predicted octanol–water partition coefficient (Wildman–Crippen LogP) is 3.76. The van der Waals surface area contributed by atoms with Gasteiger partial charge in [-0.15, -0.1) is 0 Å². The van der Waals surface area contributed by atoms with E-state index in [1.165, 1.54) is 19.3 Å². The SMILES string of the molecule is COc1ccc(OC)c(C(C)=NNC(=O)C23CC4CC(CC(C4)C2)C3)c1. The van der Waals surface area contributed by atoms with Crippen molar-refractivity contribution in [1.82, 2.24) is 5.43 Å². The maximum atomic E-state index is 13.0. The molecule has 1 aromatic carbocycles. The van der Waals surface area contributed by atoms with Crippen LogP contribution in [-0.2, 0) is 4.79 Å². The number of hydrogen-bond acceptors (Lipinski definition) is 4. The number of nitrogens with one attached hydrogen (secondary N) is 1. The predicted molar refractivity (Wildman–Crippen MR) is 101 cm³/mol. The first-order valence-corrected chi connectivity index (χ1v) is 9.60. The standard InChI is InChI=1S/C21H28N2O3/c1-13(18-9-17(25-2)4-5-19(18)26-3)22-23-20(24)21-10-14-6-15(11-21)8-16(7-14)12-21/h4-5,9,14-16H,6-8,10-12H2,1-3H3,(H,23,24). The van der Waals surface area contributed by atoms with Crippen LogP contribution in [0, 0.1) is 23.2 Å². The molecule has 0 saturated heterocycles. The fraction of sp³-hybridized carbons (Fsp3) is 0.619. The quantitative estimate of drug-likeness (QED) is 0.645. The van der Waals surface area contributed by atoms with Gasteiger partial charge in [0.2, 0.25) is 5.91 Å². The Morgan fingerprint density at radius 3 is 2.23 bits per heavy atom. The van der Waals surface area contributed by atoms with Gasteiger partial charge in [0.1, 0.15) is 11.5 Å². The number of carbonyl (C=O) groups is 1. The molecule has 5 rings (SSSR count). The van der Waals surface area contributed by atoms with Crippen molar-refractivity contribution in [1.29, 1.82) is 0 Å². The lowest BCUT2D eigenvalue weighted by Crippen LogP contribution is -2.52. The van der Waals surface area contributed by atoms with Crippen molar-refractivity contribution in [3.05, 3.63) is 23.8 Å². The first-order valence-electron chi connectivity index (χ1n) is 9.60. The largest absolute Gasteiger partial charge is 0.497 e. The third-order valence-corrected chi connectivity index (χ3v) is 6.64. The van der Waals surface area contributed by atoms with Crippen molar-refractivity contribution < 1.29 is 14.3 Å². The minimum atomic E-state index is -0.184. The first-order chi connectivity index (χ1) is 12.5. The average molecular weight is 356 g/mol. The highest BCUT2D eigenvalue weighted by Crippen LogP contribution is 2.60. The van der Waals surface area contributed by atoms with Crippen molar-refractivity contribution in [2.24, 2.45) is 28.3 Å². The lowest BCUT2D eigenvalue weighted by molar-refractivity contribution is -0.146. The van der Waals surface area contributed by atoms with Gasteiger partial charge >= 0.3 is 0 Å². The molecule has 0 aromatic heterocycles. The molecule has 5 nitrogen and oxygen atoms in total. The molecule has 4 bridgehead atoms. The number of methoxy groups -OCH3 is 2. The molecule has 4 saturated carbocycles. The van der Waals surface area contributed by atoms with Crippen molar-refractivity contribution in [3.8, 4) is 11.5 Å². The molecule has 4 fully saturated rings. The molecular weight excluding hydrogens is 328 g/mol. The van der Waals surface area contributed by atoms with Gasteiger partial charge in [-0.1, -0.05) is 0 Å². The molecule has 0 radical (unpaired) electrons. The Hall–Kier alpha value is -2.04. The van der Waals surface area contributed by atoms with Gasteiger partial charge in [-0.3, -0.25) is 4.79 Å². The summed E-state index contributed by atoms with van der Waals surface area (Å²) >= 11 is 0. The fourth-order valence-corrected chi connectivity index (χ4v) is 5.80. The van der Waals surface area contributed by atoms with Crippen LogP contribution in [0.4, 0.5) is 0 Å². The van der Waals surface area contributed by atoms with Crippen molar-refractivity contribution >= 4 is 11.6 Å². The zero-order valence-corrected chi connectivity index (χ0v) is 15.9. The first kappa shape index (κ1) is 17.4. The van der Waals surface area contributed by atoms with Crippen molar-refractivity contribution in [2.45, 2.75) is 45.4 Å². The highest BCUT2D eigenvalue weighted by molar-refractivity contribution is 6.02. The Kier molecular flexibility index (Phi) is 4.41. The summed E-state index contributed by atoms with van der Waals surface area (Å²) < 4.78 is 10.7. The second-order valence-corrected chi connectivity index (χ2v) is 8.40. The molecule has 1 N–H and O–H groups in total. The summed E-state index contributed by atoms with van der Waals surface area (Å²) in [4.78, 5) is 13.0. The Morgan fingerprint density at radius 2 is 1.69 bits per heavy atom. The maximum Gasteiger partial charge on any atom is 0.246 e. The molecule has 1 amide bonds. The van der Waals surface area contributed by atoms with Gasteiger partial charge in [-0.05, 0) is 81.4 Å². The molecule has 1 aromatic rings. The van der Waals surface area contributed by atoms with Crippen LogP contribution in [0.3, 0.4) is 0 Å². The van der Waals surface area contributed by atoms with Gasteiger partial charge in [0.05, 0.1) is 25.3 Å². The van der Waals surface area contributed by atoms with Crippen LogP contribution in [0.5, 0.6) is 11.5 Å². The van der Waals surface area contributed by atoms with Crippen LogP contribution in [0.2, 0.25) is 0 Å². The van der Waals surface area contributed by atoms with Crippen LogP contribution in [0.15, 0.2) is 23.3 Å². The van der Waals surface area contributed by atoms with E-state index < -0.39 is 0 Å². The van der Waals surface area contributed by atoms with Crippen LogP contribution in [-0.4, -0.2) is 25.8 Å². The van der Waals surface area contributed by atoms with Gasteiger partial charge in [0.25, 0.3) is 0 Å². The number of nitrogens with zero attached hydrogens (tertiary/aromatic N) is 1. The number of hydrogen-bond donors (Lipinski definition) is 1.